The van der Waals surface area contributed by atoms with E-state index in [-0.39, 0.29) is 23.4 Å². The molecule has 1 aromatic carbocycles. The summed E-state index contributed by atoms with van der Waals surface area (Å²) in [5.74, 6) is 0.258. The normalized spacial score (nSPS) is 20.9. The van der Waals surface area contributed by atoms with E-state index in [0.717, 1.165) is 19.4 Å². The number of aromatic amines is 1. The predicted octanol–water partition coefficient (Wildman–Crippen LogP) is 1.18. The van der Waals surface area contributed by atoms with Crippen molar-refractivity contribution >= 4 is 16.8 Å². The van der Waals surface area contributed by atoms with Crippen molar-refractivity contribution < 1.29 is 4.79 Å². The van der Waals surface area contributed by atoms with Crippen molar-refractivity contribution in [2.24, 2.45) is 11.7 Å². The smallest absolute Gasteiger partial charge is 0.258 e. The van der Waals surface area contributed by atoms with Gasteiger partial charge < -0.3 is 10.7 Å². The highest BCUT2D eigenvalue weighted by Gasteiger charge is 2.28. The second kappa shape index (κ2) is 5.88. The Kier molecular flexibility index (Phi) is 3.94. The first-order valence-corrected chi connectivity index (χ1v) is 7.58. The Morgan fingerprint density at radius 3 is 3.00 bits per heavy atom. The number of nitrogens with one attached hydrogen (secondary N) is 1. The number of nitrogens with two attached hydrogens (primary N) is 1. The van der Waals surface area contributed by atoms with Crippen molar-refractivity contribution in [2.45, 2.75) is 25.8 Å². The molecule has 1 aliphatic rings. The number of primary amides is 1. The number of amides is 1. The van der Waals surface area contributed by atoms with E-state index in [2.05, 4.69) is 14.9 Å². The molecule has 3 N–H and O–H groups in total. The molecule has 1 aliphatic heterocycles. The summed E-state index contributed by atoms with van der Waals surface area (Å²) in [6.07, 6.45) is 1.76. The lowest BCUT2D eigenvalue weighted by Crippen LogP contribution is -2.42. The number of para-hydroxylation sites is 1. The van der Waals surface area contributed by atoms with E-state index in [1.807, 2.05) is 25.1 Å². The number of H-pyrrole nitrogens is 1. The molecular weight excluding hydrogens is 280 g/mol. The third-order valence-corrected chi connectivity index (χ3v) is 4.43. The van der Waals surface area contributed by atoms with E-state index < -0.39 is 0 Å². The summed E-state index contributed by atoms with van der Waals surface area (Å²) in [6.45, 7) is 3.49. The molecule has 22 heavy (non-hydrogen) atoms. The molecule has 0 aliphatic carbocycles. The second-order valence-electron chi connectivity index (χ2n) is 5.88. The van der Waals surface area contributed by atoms with E-state index >= 15 is 0 Å². The molecule has 0 saturated carbocycles. The van der Waals surface area contributed by atoms with Gasteiger partial charge in [0, 0.05) is 6.54 Å². The summed E-state index contributed by atoms with van der Waals surface area (Å²) in [7, 11) is 0. The predicted molar refractivity (Wildman–Crippen MR) is 84.3 cm³/mol. The molecule has 1 aromatic heterocycles. The number of piperidine rings is 1. The molecule has 0 bridgehead atoms. The number of likely N-dealkylation sites (tertiary alicyclic amines) is 1. The van der Waals surface area contributed by atoms with Crippen molar-refractivity contribution in [3.05, 3.63) is 40.4 Å². The molecule has 6 nitrogen and oxygen atoms in total. The van der Waals surface area contributed by atoms with Gasteiger partial charge in [-0.2, -0.15) is 0 Å². The van der Waals surface area contributed by atoms with Crippen LogP contribution in [0.4, 0.5) is 0 Å². The van der Waals surface area contributed by atoms with Gasteiger partial charge in [0.15, 0.2) is 0 Å². The van der Waals surface area contributed by atoms with Gasteiger partial charge >= 0.3 is 0 Å². The van der Waals surface area contributed by atoms with Gasteiger partial charge in [0.05, 0.1) is 22.9 Å². The van der Waals surface area contributed by atoms with Gasteiger partial charge in [-0.05, 0) is 38.4 Å². The maximum atomic E-state index is 12.2. The molecule has 2 heterocycles. The first kappa shape index (κ1) is 14.7. The zero-order chi connectivity index (χ0) is 15.7. The SMILES string of the molecule is C[C@H](c1nc2ccccc2c(=O)[nH]1)N1CCC[C@H](C(N)=O)C1. The average Bonchev–Trinajstić information content (AvgIpc) is 2.54. The van der Waals surface area contributed by atoms with E-state index in [9.17, 15) is 9.59 Å². The zero-order valence-electron chi connectivity index (χ0n) is 12.6. The molecule has 3 rings (SSSR count). The van der Waals surface area contributed by atoms with Crippen LogP contribution in [0.5, 0.6) is 0 Å². The largest absolute Gasteiger partial charge is 0.369 e. The Labute approximate surface area is 128 Å². The van der Waals surface area contributed by atoms with Crippen molar-refractivity contribution in [1.82, 2.24) is 14.9 Å². The van der Waals surface area contributed by atoms with Crippen LogP contribution >= 0.6 is 0 Å². The van der Waals surface area contributed by atoms with E-state index in [0.29, 0.717) is 23.3 Å². The van der Waals surface area contributed by atoms with Crippen LogP contribution in [0.2, 0.25) is 0 Å². The number of carbonyl (C=O) groups is 1. The fourth-order valence-corrected chi connectivity index (χ4v) is 3.07. The summed E-state index contributed by atoms with van der Waals surface area (Å²) in [6, 6.07) is 7.24. The summed E-state index contributed by atoms with van der Waals surface area (Å²) in [5, 5.41) is 0.590. The molecule has 2 aromatic rings. The molecule has 116 valence electrons. The monoisotopic (exact) mass is 300 g/mol. The first-order chi connectivity index (χ1) is 10.6. The van der Waals surface area contributed by atoms with Crippen molar-refractivity contribution in [3.8, 4) is 0 Å². The highest BCUT2D eigenvalue weighted by Crippen LogP contribution is 2.24. The minimum atomic E-state index is -0.253. The minimum Gasteiger partial charge on any atom is -0.369 e. The lowest BCUT2D eigenvalue weighted by molar-refractivity contribution is -0.123. The fourth-order valence-electron chi connectivity index (χ4n) is 3.07. The first-order valence-electron chi connectivity index (χ1n) is 7.58. The minimum absolute atomic E-state index is 0.0561. The number of benzene rings is 1. The van der Waals surface area contributed by atoms with Crippen LogP contribution in [0.15, 0.2) is 29.1 Å². The molecule has 6 heteroatoms. The summed E-state index contributed by atoms with van der Waals surface area (Å²) >= 11 is 0. The van der Waals surface area contributed by atoms with Gasteiger partial charge in [0.25, 0.3) is 5.56 Å². The lowest BCUT2D eigenvalue weighted by Gasteiger charge is -2.35. The topological polar surface area (TPSA) is 92.1 Å². The van der Waals surface area contributed by atoms with Crippen LogP contribution in [0.25, 0.3) is 10.9 Å². The average molecular weight is 300 g/mol. The van der Waals surface area contributed by atoms with Crippen LogP contribution in [-0.2, 0) is 4.79 Å². The number of carbonyl (C=O) groups excluding carboxylic acids is 1. The van der Waals surface area contributed by atoms with Gasteiger partial charge in [-0.3, -0.25) is 14.5 Å². The molecule has 1 saturated heterocycles. The molecule has 0 unspecified atom stereocenters. The number of hydrogen-bond acceptors (Lipinski definition) is 4. The summed E-state index contributed by atoms with van der Waals surface area (Å²) in [5.41, 5.74) is 5.99. The number of aromatic nitrogens is 2. The van der Waals surface area contributed by atoms with E-state index in [4.69, 9.17) is 5.73 Å². The number of nitrogens with zero attached hydrogens (tertiary/aromatic N) is 2. The fraction of sp³-hybridized carbons (Fsp3) is 0.438. The molecule has 1 fully saturated rings. The van der Waals surface area contributed by atoms with Crippen LogP contribution < -0.4 is 11.3 Å². The second-order valence-corrected chi connectivity index (χ2v) is 5.88. The Bertz CT molecular complexity index is 755. The third-order valence-electron chi connectivity index (χ3n) is 4.43. The number of rotatable bonds is 3. The molecule has 0 spiro atoms. The van der Waals surface area contributed by atoms with Crippen molar-refractivity contribution in [2.75, 3.05) is 13.1 Å². The van der Waals surface area contributed by atoms with Gasteiger partial charge in [-0.25, -0.2) is 4.98 Å². The maximum Gasteiger partial charge on any atom is 0.258 e. The van der Waals surface area contributed by atoms with E-state index in [1.54, 1.807) is 6.07 Å². The van der Waals surface area contributed by atoms with Gasteiger partial charge in [-0.15, -0.1) is 0 Å². The highest BCUT2D eigenvalue weighted by atomic mass is 16.1. The Balaban J connectivity index is 1.90. The Hall–Kier alpha value is -2.21. The van der Waals surface area contributed by atoms with Crippen molar-refractivity contribution in [3.63, 3.8) is 0 Å². The standard InChI is InChI=1S/C16H20N4O2/c1-10(20-8-4-5-11(9-20)14(17)21)15-18-13-7-3-2-6-12(13)16(22)19-15/h2-3,6-7,10-11H,4-5,8-9H2,1H3,(H2,17,21)(H,18,19,22)/t10-,11+/m1/s1. The van der Waals surface area contributed by atoms with Crippen LogP contribution in [0.1, 0.15) is 31.6 Å². The van der Waals surface area contributed by atoms with E-state index in [1.165, 1.54) is 0 Å². The molecule has 2 atom stereocenters. The van der Waals surface area contributed by atoms with Crippen LogP contribution in [0.3, 0.4) is 0 Å². The maximum absolute atomic E-state index is 12.2. The quantitative estimate of drug-likeness (QED) is 0.890. The van der Waals surface area contributed by atoms with Gasteiger partial charge in [0.2, 0.25) is 5.91 Å². The number of fused-ring (bicyclic) bond motifs is 1. The third kappa shape index (κ3) is 2.74. The molecule has 0 radical (unpaired) electrons. The van der Waals surface area contributed by atoms with Crippen LogP contribution in [-0.4, -0.2) is 33.9 Å². The van der Waals surface area contributed by atoms with Gasteiger partial charge in [0.1, 0.15) is 5.82 Å². The highest BCUT2D eigenvalue weighted by molar-refractivity contribution is 5.77. The molecular formula is C16H20N4O2. The van der Waals surface area contributed by atoms with Crippen LogP contribution in [0, 0.1) is 5.92 Å². The molecule has 1 amide bonds. The zero-order valence-corrected chi connectivity index (χ0v) is 12.6. The van der Waals surface area contributed by atoms with Gasteiger partial charge in [-0.1, -0.05) is 12.1 Å². The van der Waals surface area contributed by atoms with Crippen molar-refractivity contribution in [1.29, 1.82) is 0 Å². The lowest BCUT2D eigenvalue weighted by atomic mass is 9.96. The Morgan fingerprint density at radius 2 is 2.23 bits per heavy atom. The summed E-state index contributed by atoms with van der Waals surface area (Å²) < 4.78 is 0. The Morgan fingerprint density at radius 1 is 1.45 bits per heavy atom. The summed E-state index contributed by atoms with van der Waals surface area (Å²) in [4.78, 5) is 33.2. The number of hydrogen-bond donors (Lipinski definition) is 2.